The fourth-order valence-corrected chi connectivity index (χ4v) is 1.36. The van der Waals surface area contributed by atoms with Crippen LogP contribution in [0.2, 0.25) is 0 Å². The monoisotopic (exact) mass is 187 g/mol. The fraction of sp³-hybridized carbons (Fsp3) is 0.833. The highest BCUT2D eigenvalue weighted by atomic mass is 32.2. The van der Waals surface area contributed by atoms with Crippen LogP contribution in [0, 0.1) is 0 Å². The van der Waals surface area contributed by atoms with E-state index in [2.05, 4.69) is 26.9 Å². The minimum absolute atomic E-state index is 0.0732. The van der Waals surface area contributed by atoms with Gasteiger partial charge in [-0.3, -0.25) is 0 Å². The third-order valence-electron chi connectivity index (χ3n) is 1.56. The van der Waals surface area contributed by atoms with E-state index in [0.29, 0.717) is 5.82 Å². The van der Waals surface area contributed by atoms with Crippen LogP contribution >= 0.6 is 11.8 Å². The molecule has 0 saturated carbocycles. The van der Waals surface area contributed by atoms with Crippen molar-refractivity contribution >= 4 is 11.8 Å². The average Bonchev–Trinajstić information content (AvgIpc) is 2.56. The smallest absolute Gasteiger partial charge is 0.191 e. The number of thioether (sulfide) groups is 1. The van der Waals surface area contributed by atoms with Crippen LogP contribution in [0.4, 0.5) is 0 Å². The molecule has 0 aromatic carbocycles. The van der Waals surface area contributed by atoms with Crippen molar-refractivity contribution in [2.45, 2.75) is 18.9 Å². The predicted molar refractivity (Wildman–Crippen MR) is 48.7 cm³/mol. The Morgan fingerprint density at radius 2 is 2.50 bits per heavy atom. The molecule has 0 aliphatic heterocycles. The number of aromatic nitrogens is 4. The van der Waals surface area contributed by atoms with E-state index in [0.717, 1.165) is 18.6 Å². The molecule has 1 heterocycles. The molecule has 0 radical (unpaired) electrons. The SMILES string of the molecule is CSCCCC(N)c1nn[nH]n1. The summed E-state index contributed by atoms with van der Waals surface area (Å²) >= 11 is 1.82. The summed E-state index contributed by atoms with van der Waals surface area (Å²) in [5, 5.41) is 13.5. The third-order valence-corrected chi connectivity index (χ3v) is 2.25. The van der Waals surface area contributed by atoms with E-state index in [1.807, 2.05) is 11.8 Å². The lowest BCUT2D eigenvalue weighted by atomic mass is 10.2. The van der Waals surface area contributed by atoms with Crippen molar-refractivity contribution in [2.24, 2.45) is 5.73 Å². The molecule has 1 atom stereocenters. The number of hydrogen-bond acceptors (Lipinski definition) is 5. The average molecular weight is 187 g/mol. The van der Waals surface area contributed by atoms with Crippen molar-refractivity contribution < 1.29 is 0 Å². The Bertz CT molecular complexity index is 200. The summed E-state index contributed by atoms with van der Waals surface area (Å²) in [6, 6.07) is -0.0732. The van der Waals surface area contributed by atoms with Crippen LogP contribution in [0.1, 0.15) is 24.7 Å². The quantitative estimate of drug-likeness (QED) is 0.650. The molecular formula is C6H13N5S. The number of aromatic amines is 1. The van der Waals surface area contributed by atoms with Gasteiger partial charge in [-0.15, -0.1) is 10.2 Å². The summed E-state index contributed by atoms with van der Waals surface area (Å²) in [5.74, 6) is 1.74. The van der Waals surface area contributed by atoms with E-state index >= 15 is 0 Å². The van der Waals surface area contributed by atoms with Gasteiger partial charge in [0.2, 0.25) is 0 Å². The van der Waals surface area contributed by atoms with Crippen molar-refractivity contribution in [3.05, 3.63) is 5.82 Å². The molecule has 0 saturated heterocycles. The van der Waals surface area contributed by atoms with E-state index in [4.69, 9.17) is 5.73 Å². The Morgan fingerprint density at radius 3 is 3.08 bits per heavy atom. The number of rotatable bonds is 5. The van der Waals surface area contributed by atoms with Crippen LogP contribution in [-0.4, -0.2) is 32.6 Å². The summed E-state index contributed by atoms with van der Waals surface area (Å²) < 4.78 is 0. The summed E-state index contributed by atoms with van der Waals surface area (Å²) in [6.07, 6.45) is 4.09. The summed E-state index contributed by atoms with van der Waals surface area (Å²) in [5.41, 5.74) is 5.79. The maximum Gasteiger partial charge on any atom is 0.191 e. The first-order chi connectivity index (χ1) is 5.84. The first-order valence-corrected chi connectivity index (χ1v) is 5.22. The lowest BCUT2D eigenvalue weighted by molar-refractivity contribution is 0.606. The van der Waals surface area contributed by atoms with E-state index < -0.39 is 0 Å². The number of nitrogens with two attached hydrogens (primary N) is 1. The summed E-state index contributed by atoms with van der Waals surface area (Å²) in [7, 11) is 0. The van der Waals surface area contributed by atoms with Crippen LogP contribution in [0.5, 0.6) is 0 Å². The zero-order valence-corrected chi connectivity index (χ0v) is 7.84. The highest BCUT2D eigenvalue weighted by molar-refractivity contribution is 7.98. The summed E-state index contributed by atoms with van der Waals surface area (Å²) in [6.45, 7) is 0. The van der Waals surface area contributed by atoms with Gasteiger partial charge in [0, 0.05) is 0 Å². The highest BCUT2D eigenvalue weighted by Crippen LogP contribution is 2.11. The Morgan fingerprint density at radius 1 is 1.67 bits per heavy atom. The molecule has 0 aliphatic carbocycles. The largest absolute Gasteiger partial charge is 0.321 e. The topological polar surface area (TPSA) is 80.5 Å². The molecule has 0 bridgehead atoms. The maximum absolute atomic E-state index is 5.79. The molecule has 0 aliphatic rings. The van der Waals surface area contributed by atoms with E-state index in [1.165, 1.54) is 0 Å². The molecule has 1 aromatic rings. The standard InChI is InChI=1S/C6H13N5S/c1-12-4-2-3-5(7)6-8-10-11-9-6/h5H,2-4,7H2,1H3,(H,8,9,10,11). The number of tetrazole rings is 1. The lowest BCUT2D eigenvalue weighted by Gasteiger charge is -2.04. The van der Waals surface area contributed by atoms with Crippen LogP contribution in [-0.2, 0) is 0 Å². The van der Waals surface area contributed by atoms with E-state index in [1.54, 1.807) is 0 Å². The fourth-order valence-electron chi connectivity index (χ4n) is 0.903. The third kappa shape index (κ3) is 2.78. The zero-order valence-electron chi connectivity index (χ0n) is 7.03. The van der Waals surface area contributed by atoms with Crippen molar-refractivity contribution in [1.29, 1.82) is 0 Å². The molecule has 0 spiro atoms. The van der Waals surface area contributed by atoms with Gasteiger partial charge in [0.15, 0.2) is 5.82 Å². The predicted octanol–water partition coefficient (Wildman–Crippen LogP) is 0.343. The Labute approximate surface area is 75.5 Å². The maximum atomic E-state index is 5.79. The number of nitrogens with one attached hydrogen (secondary N) is 1. The Kier molecular flexibility index (Phi) is 4.02. The minimum Gasteiger partial charge on any atom is -0.321 e. The van der Waals surface area contributed by atoms with Gasteiger partial charge in [-0.25, -0.2) is 0 Å². The van der Waals surface area contributed by atoms with Crippen LogP contribution in [0.3, 0.4) is 0 Å². The van der Waals surface area contributed by atoms with Crippen molar-refractivity contribution in [1.82, 2.24) is 20.6 Å². The van der Waals surface area contributed by atoms with Gasteiger partial charge in [0.25, 0.3) is 0 Å². The number of nitrogens with zero attached hydrogens (tertiary/aromatic N) is 3. The van der Waals surface area contributed by atoms with E-state index in [9.17, 15) is 0 Å². The molecule has 1 unspecified atom stereocenters. The number of H-pyrrole nitrogens is 1. The van der Waals surface area contributed by atoms with E-state index in [-0.39, 0.29) is 6.04 Å². The first-order valence-electron chi connectivity index (χ1n) is 3.82. The van der Waals surface area contributed by atoms with Crippen molar-refractivity contribution in [2.75, 3.05) is 12.0 Å². The van der Waals surface area contributed by atoms with Crippen LogP contribution < -0.4 is 5.73 Å². The van der Waals surface area contributed by atoms with Gasteiger partial charge in [-0.05, 0) is 24.9 Å². The lowest BCUT2D eigenvalue weighted by Crippen LogP contribution is -2.12. The molecule has 5 nitrogen and oxygen atoms in total. The molecule has 0 amide bonds. The second-order valence-corrected chi connectivity index (χ2v) is 3.50. The van der Waals surface area contributed by atoms with Gasteiger partial charge in [0.05, 0.1) is 6.04 Å². The molecule has 68 valence electrons. The van der Waals surface area contributed by atoms with Gasteiger partial charge >= 0.3 is 0 Å². The van der Waals surface area contributed by atoms with Gasteiger partial charge in [-0.1, -0.05) is 5.21 Å². The van der Waals surface area contributed by atoms with Crippen LogP contribution in [0.15, 0.2) is 0 Å². The van der Waals surface area contributed by atoms with Gasteiger partial charge in [-0.2, -0.15) is 17.0 Å². The summed E-state index contributed by atoms with van der Waals surface area (Å²) in [4.78, 5) is 0. The van der Waals surface area contributed by atoms with Gasteiger partial charge < -0.3 is 5.73 Å². The zero-order chi connectivity index (χ0) is 8.81. The second kappa shape index (κ2) is 5.10. The van der Waals surface area contributed by atoms with Crippen LogP contribution in [0.25, 0.3) is 0 Å². The highest BCUT2D eigenvalue weighted by Gasteiger charge is 2.09. The molecule has 3 N–H and O–H groups in total. The normalized spacial score (nSPS) is 13.2. The minimum atomic E-state index is -0.0732. The first kappa shape index (κ1) is 9.47. The van der Waals surface area contributed by atoms with Gasteiger partial charge in [0.1, 0.15) is 0 Å². The molecule has 6 heteroatoms. The van der Waals surface area contributed by atoms with Crippen molar-refractivity contribution in [3.8, 4) is 0 Å². The molecule has 12 heavy (non-hydrogen) atoms. The molecular weight excluding hydrogens is 174 g/mol. The Hall–Kier alpha value is -0.620. The Balaban J connectivity index is 2.25. The molecule has 1 aromatic heterocycles. The molecule has 0 fully saturated rings. The number of hydrogen-bond donors (Lipinski definition) is 2. The second-order valence-electron chi connectivity index (χ2n) is 2.51. The van der Waals surface area contributed by atoms with Crippen molar-refractivity contribution in [3.63, 3.8) is 0 Å². The molecule has 1 rings (SSSR count).